The molecule has 3 rings (SSSR count). The Morgan fingerprint density at radius 2 is 1.43 bits per heavy atom. The molecule has 0 unspecified atom stereocenters. The summed E-state index contributed by atoms with van der Waals surface area (Å²) in [5.74, 6) is -0.418. The van der Waals surface area contributed by atoms with E-state index in [0.29, 0.717) is 23.4 Å². The SMILES string of the molecule is Cc1cccc(C(=O)Nc2ccccc2C(=O)NCCc2ccccc2)c1C. The van der Waals surface area contributed by atoms with E-state index in [4.69, 9.17) is 0 Å². The fraction of sp³-hybridized carbons (Fsp3) is 0.167. The fourth-order valence-electron chi connectivity index (χ4n) is 3.04. The van der Waals surface area contributed by atoms with Crippen molar-refractivity contribution in [3.05, 3.63) is 101 Å². The minimum Gasteiger partial charge on any atom is -0.352 e. The zero-order valence-corrected chi connectivity index (χ0v) is 16.2. The van der Waals surface area contributed by atoms with E-state index in [1.54, 1.807) is 30.3 Å². The van der Waals surface area contributed by atoms with E-state index in [9.17, 15) is 9.59 Å². The molecule has 4 heteroatoms. The maximum atomic E-state index is 12.7. The van der Waals surface area contributed by atoms with Crippen LogP contribution in [0.4, 0.5) is 5.69 Å². The van der Waals surface area contributed by atoms with Crippen molar-refractivity contribution in [2.24, 2.45) is 0 Å². The summed E-state index contributed by atoms with van der Waals surface area (Å²) in [6.07, 6.45) is 0.754. The van der Waals surface area contributed by atoms with Gasteiger partial charge >= 0.3 is 0 Å². The largest absolute Gasteiger partial charge is 0.352 e. The molecule has 0 spiro atoms. The second-order valence-corrected chi connectivity index (χ2v) is 6.74. The lowest BCUT2D eigenvalue weighted by atomic mass is 10.0. The summed E-state index contributed by atoms with van der Waals surface area (Å²) < 4.78 is 0. The maximum absolute atomic E-state index is 12.7. The molecule has 0 heterocycles. The van der Waals surface area contributed by atoms with Crippen molar-refractivity contribution >= 4 is 17.5 Å². The second-order valence-electron chi connectivity index (χ2n) is 6.74. The van der Waals surface area contributed by atoms with Gasteiger partial charge < -0.3 is 10.6 Å². The number of anilines is 1. The summed E-state index contributed by atoms with van der Waals surface area (Å²) in [5.41, 5.74) is 4.72. The molecule has 0 radical (unpaired) electrons. The molecule has 28 heavy (non-hydrogen) atoms. The highest BCUT2D eigenvalue weighted by Crippen LogP contribution is 2.19. The number of benzene rings is 3. The van der Waals surface area contributed by atoms with Crippen molar-refractivity contribution in [3.63, 3.8) is 0 Å². The van der Waals surface area contributed by atoms with E-state index in [-0.39, 0.29) is 11.8 Å². The summed E-state index contributed by atoms with van der Waals surface area (Å²) in [6.45, 7) is 4.43. The van der Waals surface area contributed by atoms with Gasteiger partial charge in [-0.1, -0.05) is 54.6 Å². The van der Waals surface area contributed by atoms with Crippen LogP contribution in [-0.2, 0) is 6.42 Å². The molecule has 4 nitrogen and oxygen atoms in total. The van der Waals surface area contributed by atoms with E-state index >= 15 is 0 Å². The second kappa shape index (κ2) is 9.00. The summed E-state index contributed by atoms with van der Waals surface area (Å²) in [4.78, 5) is 25.4. The Hall–Kier alpha value is -3.40. The number of para-hydroxylation sites is 1. The number of amides is 2. The molecule has 3 aromatic carbocycles. The summed E-state index contributed by atoms with van der Waals surface area (Å²) in [7, 11) is 0. The van der Waals surface area contributed by atoms with Gasteiger partial charge in [0.2, 0.25) is 0 Å². The zero-order valence-electron chi connectivity index (χ0n) is 16.2. The van der Waals surface area contributed by atoms with Crippen LogP contribution in [0.15, 0.2) is 72.8 Å². The van der Waals surface area contributed by atoms with Crippen LogP contribution in [-0.4, -0.2) is 18.4 Å². The predicted molar refractivity (Wildman–Crippen MR) is 113 cm³/mol. The van der Waals surface area contributed by atoms with Crippen LogP contribution >= 0.6 is 0 Å². The Labute approximate surface area is 165 Å². The molecule has 0 fully saturated rings. The summed E-state index contributed by atoms with van der Waals surface area (Å²) in [5, 5.41) is 5.82. The van der Waals surface area contributed by atoms with Gasteiger partial charge in [-0.25, -0.2) is 0 Å². The Balaban J connectivity index is 1.69. The minimum atomic E-state index is -0.217. The lowest BCUT2D eigenvalue weighted by Gasteiger charge is -2.13. The molecule has 0 aliphatic heterocycles. The first-order valence-corrected chi connectivity index (χ1v) is 9.35. The van der Waals surface area contributed by atoms with Crippen molar-refractivity contribution in [3.8, 4) is 0 Å². The highest BCUT2D eigenvalue weighted by atomic mass is 16.2. The van der Waals surface area contributed by atoms with Gasteiger partial charge in [0.15, 0.2) is 0 Å². The number of carbonyl (C=O) groups excluding carboxylic acids is 2. The smallest absolute Gasteiger partial charge is 0.255 e. The van der Waals surface area contributed by atoms with Gasteiger partial charge in [0.05, 0.1) is 11.3 Å². The van der Waals surface area contributed by atoms with E-state index in [1.807, 2.05) is 56.3 Å². The summed E-state index contributed by atoms with van der Waals surface area (Å²) >= 11 is 0. The van der Waals surface area contributed by atoms with Gasteiger partial charge in [-0.3, -0.25) is 9.59 Å². The van der Waals surface area contributed by atoms with E-state index in [0.717, 1.165) is 17.5 Å². The molecule has 0 aliphatic rings. The van der Waals surface area contributed by atoms with Crippen LogP contribution in [0.25, 0.3) is 0 Å². The monoisotopic (exact) mass is 372 g/mol. The normalized spacial score (nSPS) is 10.4. The van der Waals surface area contributed by atoms with Crippen molar-refractivity contribution < 1.29 is 9.59 Å². The molecular weight excluding hydrogens is 348 g/mol. The number of hydrogen-bond acceptors (Lipinski definition) is 2. The molecule has 0 saturated heterocycles. The molecule has 0 bridgehead atoms. The number of hydrogen-bond donors (Lipinski definition) is 2. The molecule has 0 aromatic heterocycles. The molecular formula is C24H24N2O2. The molecule has 2 amide bonds. The van der Waals surface area contributed by atoms with Crippen LogP contribution < -0.4 is 10.6 Å². The summed E-state index contributed by atoms with van der Waals surface area (Å²) in [6, 6.07) is 22.7. The fourth-order valence-corrected chi connectivity index (χ4v) is 3.04. The van der Waals surface area contributed by atoms with E-state index in [1.165, 1.54) is 5.56 Å². The van der Waals surface area contributed by atoms with Gasteiger partial charge in [-0.05, 0) is 55.2 Å². The van der Waals surface area contributed by atoms with Gasteiger partial charge in [0.25, 0.3) is 11.8 Å². The number of aryl methyl sites for hydroxylation is 1. The Kier molecular flexibility index (Phi) is 6.22. The van der Waals surface area contributed by atoms with Crippen LogP contribution in [0.2, 0.25) is 0 Å². The van der Waals surface area contributed by atoms with Gasteiger partial charge in [-0.2, -0.15) is 0 Å². The third-order valence-electron chi connectivity index (χ3n) is 4.81. The van der Waals surface area contributed by atoms with Crippen molar-refractivity contribution in [1.82, 2.24) is 5.32 Å². The van der Waals surface area contributed by atoms with E-state index in [2.05, 4.69) is 10.6 Å². The molecule has 3 aromatic rings. The zero-order chi connectivity index (χ0) is 19.9. The third-order valence-corrected chi connectivity index (χ3v) is 4.81. The van der Waals surface area contributed by atoms with Crippen LogP contribution in [0, 0.1) is 13.8 Å². The molecule has 142 valence electrons. The van der Waals surface area contributed by atoms with Crippen LogP contribution in [0.1, 0.15) is 37.4 Å². The predicted octanol–water partition coefficient (Wildman–Crippen LogP) is 4.53. The Morgan fingerprint density at radius 3 is 2.21 bits per heavy atom. The quantitative estimate of drug-likeness (QED) is 0.668. The van der Waals surface area contributed by atoms with Gasteiger partial charge in [0, 0.05) is 12.1 Å². The van der Waals surface area contributed by atoms with E-state index < -0.39 is 0 Å². The van der Waals surface area contributed by atoms with Crippen molar-refractivity contribution in [2.45, 2.75) is 20.3 Å². The first-order chi connectivity index (χ1) is 13.6. The first kappa shape index (κ1) is 19.4. The lowest BCUT2D eigenvalue weighted by Crippen LogP contribution is -2.27. The topological polar surface area (TPSA) is 58.2 Å². The molecule has 0 saturated carbocycles. The average molecular weight is 372 g/mol. The first-order valence-electron chi connectivity index (χ1n) is 9.35. The number of carbonyl (C=O) groups is 2. The molecule has 0 atom stereocenters. The number of rotatable bonds is 6. The van der Waals surface area contributed by atoms with Crippen molar-refractivity contribution in [2.75, 3.05) is 11.9 Å². The molecule has 2 N–H and O–H groups in total. The standard InChI is InChI=1S/C24H24N2O2/c1-17-9-8-13-20(18(17)2)24(28)26-22-14-7-6-12-21(22)23(27)25-16-15-19-10-4-3-5-11-19/h3-14H,15-16H2,1-2H3,(H,25,27)(H,26,28). The van der Waals surface area contributed by atoms with Gasteiger partial charge in [0.1, 0.15) is 0 Å². The van der Waals surface area contributed by atoms with Crippen LogP contribution in [0.5, 0.6) is 0 Å². The Bertz CT molecular complexity index is 981. The average Bonchev–Trinajstić information content (AvgIpc) is 2.71. The van der Waals surface area contributed by atoms with Gasteiger partial charge in [-0.15, -0.1) is 0 Å². The minimum absolute atomic E-state index is 0.201. The highest BCUT2D eigenvalue weighted by Gasteiger charge is 2.15. The van der Waals surface area contributed by atoms with Crippen molar-refractivity contribution in [1.29, 1.82) is 0 Å². The van der Waals surface area contributed by atoms with Crippen LogP contribution in [0.3, 0.4) is 0 Å². The maximum Gasteiger partial charge on any atom is 0.255 e. The third kappa shape index (κ3) is 4.65. The Morgan fingerprint density at radius 1 is 0.750 bits per heavy atom. The number of nitrogens with one attached hydrogen (secondary N) is 2. The lowest BCUT2D eigenvalue weighted by molar-refractivity contribution is 0.0955. The molecule has 0 aliphatic carbocycles. The highest BCUT2D eigenvalue weighted by molar-refractivity contribution is 6.09.